The van der Waals surface area contributed by atoms with Crippen molar-refractivity contribution in [2.75, 3.05) is 12.4 Å². The second-order valence-electron chi connectivity index (χ2n) is 10.1. The second kappa shape index (κ2) is 10.7. The molecule has 3 aromatic carbocycles. The Balaban J connectivity index is 1.48. The topological polar surface area (TPSA) is 83.8 Å². The molecule has 36 heavy (non-hydrogen) atoms. The van der Waals surface area contributed by atoms with E-state index in [0.717, 1.165) is 25.0 Å². The molecular weight excluding hydrogens is 472 g/mol. The molecule has 6 heteroatoms. The number of aromatic hydroxyl groups is 1. The smallest absolute Gasteiger partial charge is 0.264 e. The molecule has 4 rings (SSSR count). The van der Waals surface area contributed by atoms with E-state index in [4.69, 9.17) is 9.29 Å². The minimum atomic E-state index is -3.91. The molecule has 0 aliphatic heterocycles. The number of hydrogen-bond donors (Lipinski definition) is 2. The van der Waals surface area contributed by atoms with Crippen molar-refractivity contribution in [2.45, 2.75) is 62.7 Å². The fourth-order valence-electron chi connectivity index (χ4n) is 5.93. The number of phenolic OH excluding ortho intramolecular Hbond substituents is 1. The molecule has 0 spiro atoms. The zero-order valence-corrected chi connectivity index (χ0v) is 21.9. The Bertz CT molecular complexity index is 1240. The Morgan fingerprint density at radius 2 is 1.53 bits per heavy atom. The summed E-state index contributed by atoms with van der Waals surface area (Å²) in [4.78, 5) is 0. The van der Waals surface area contributed by atoms with E-state index in [-0.39, 0.29) is 22.3 Å². The van der Waals surface area contributed by atoms with E-state index >= 15 is 0 Å². The van der Waals surface area contributed by atoms with Crippen LogP contribution in [0.5, 0.6) is 11.5 Å². The van der Waals surface area contributed by atoms with Gasteiger partial charge in [0.2, 0.25) is 0 Å². The van der Waals surface area contributed by atoms with Gasteiger partial charge in [-0.3, -0.25) is 4.55 Å². The highest BCUT2D eigenvalue weighted by Gasteiger charge is 2.67. The Kier molecular flexibility index (Phi) is 7.76. The first-order valence-corrected chi connectivity index (χ1v) is 14.3. The van der Waals surface area contributed by atoms with E-state index in [1.165, 1.54) is 16.7 Å². The highest BCUT2D eigenvalue weighted by molar-refractivity contribution is 7.85. The highest BCUT2D eigenvalue weighted by atomic mass is 32.2. The number of ether oxygens (including phenoxy) is 1. The zero-order chi connectivity index (χ0) is 25.8. The van der Waals surface area contributed by atoms with Gasteiger partial charge in [0.05, 0.1) is 12.4 Å². The first-order valence-electron chi connectivity index (χ1n) is 12.7. The molecule has 0 aromatic heterocycles. The average molecular weight is 509 g/mol. The number of rotatable bonds is 12. The van der Waals surface area contributed by atoms with Crippen molar-refractivity contribution >= 4 is 10.1 Å². The third-order valence-electron chi connectivity index (χ3n) is 7.91. The Hall–Kier alpha value is -2.83. The van der Waals surface area contributed by atoms with Gasteiger partial charge in [-0.1, -0.05) is 68.4 Å². The molecule has 192 valence electrons. The van der Waals surface area contributed by atoms with Gasteiger partial charge in [-0.05, 0) is 79.0 Å². The second-order valence-corrected chi connectivity index (χ2v) is 11.7. The minimum Gasteiger partial charge on any atom is -0.508 e. The van der Waals surface area contributed by atoms with Crippen LogP contribution in [0.3, 0.4) is 0 Å². The zero-order valence-electron chi connectivity index (χ0n) is 21.1. The van der Waals surface area contributed by atoms with Crippen LogP contribution in [-0.2, 0) is 20.9 Å². The van der Waals surface area contributed by atoms with Crippen LogP contribution in [0.1, 0.15) is 68.6 Å². The van der Waals surface area contributed by atoms with E-state index in [1.807, 2.05) is 12.1 Å². The molecule has 3 unspecified atom stereocenters. The number of hydrogen-bond acceptors (Lipinski definition) is 4. The maximum atomic E-state index is 10.8. The lowest BCUT2D eigenvalue weighted by Gasteiger charge is -2.29. The number of phenols is 1. The lowest BCUT2D eigenvalue weighted by Crippen LogP contribution is -2.24. The van der Waals surface area contributed by atoms with Crippen LogP contribution in [-0.4, -0.2) is 30.4 Å². The summed E-state index contributed by atoms with van der Waals surface area (Å²) in [6.45, 7) is 4.96. The van der Waals surface area contributed by atoms with Crippen LogP contribution in [0, 0.1) is 0 Å². The Morgan fingerprint density at radius 3 is 2.14 bits per heavy atom. The highest BCUT2D eigenvalue weighted by Crippen LogP contribution is 2.70. The van der Waals surface area contributed by atoms with Gasteiger partial charge in [0, 0.05) is 10.8 Å². The third kappa shape index (κ3) is 5.60. The molecule has 1 aliphatic rings. The van der Waals surface area contributed by atoms with E-state index < -0.39 is 10.1 Å². The molecule has 1 fully saturated rings. The molecular formula is C30H36O5S. The standard InChI is InChI=1S/C30H36O5S/c1-3-29(25-9-5-4-6-10-25)22-30(29,26-13-15-27(31)16-14-26)21-23(2)24-11-17-28(18-12-24)35-19-7-8-20-36(32,33)34/h4-6,9-18,23,31H,3,7-8,19-22H2,1-2H3,(H,32,33,34). The SMILES string of the molecule is CCC1(c2ccccc2)CC1(CC(C)c1ccc(OCCCCS(=O)(=O)O)cc1)c1ccc(O)cc1. The first-order chi connectivity index (χ1) is 17.2. The number of unbranched alkanes of at least 4 members (excludes halogenated alkanes) is 1. The largest absolute Gasteiger partial charge is 0.508 e. The summed E-state index contributed by atoms with van der Waals surface area (Å²) in [6, 6.07) is 26.7. The summed E-state index contributed by atoms with van der Waals surface area (Å²) in [5, 5.41) is 9.91. The van der Waals surface area contributed by atoms with Gasteiger partial charge in [-0.2, -0.15) is 8.42 Å². The third-order valence-corrected chi connectivity index (χ3v) is 8.72. The quantitative estimate of drug-likeness (QED) is 0.212. The van der Waals surface area contributed by atoms with Gasteiger partial charge < -0.3 is 9.84 Å². The molecule has 0 amide bonds. The van der Waals surface area contributed by atoms with E-state index in [1.54, 1.807) is 12.1 Å². The molecule has 5 nitrogen and oxygen atoms in total. The predicted molar refractivity (Wildman–Crippen MR) is 143 cm³/mol. The molecule has 3 atom stereocenters. The fraction of sp³-hybridized carbons (Fsp3) is 0.400. The normalized spacial score (nSPS) is 22.2. The molecule has 3 aromatic rings. The van der Waals surface area contributed by atoms with Crippen LogP contribution >= 0.6 is 0 Å². The first kappa shape index (κ1) is 26.2. The molecule has 0 heterocycles. The molecule has 0 radical (unpaired) electrons. The van der Waals surface area contributed by atoms with Gasteiger partial charge >= 0.3 is 0 Å². The van der Waals surface area contributed by atoms with Crippen molar-refractivity contribution in [3.63, 3.8) is 0 Å². The van der Waals surface area contributed by atoms with Gasteiger partial charge in [-0.25, -0.2) is 0 Å². The molecule has 0 saturated heterocycles. The van der Waals surface area contributed by atoms with Crippen molar-refractivity contribution in [1.29, 1.82) is 0 Å². The minimum absolute atomic E-state index is 0.00155. The van der Waals surface area contributed by atoms with E-state index in [9.17, 15) is 13.5 Å². The lowest BCUT2D eigenvalue weighted by atomic mass is 9.74. The summed E-state index contributed by atoms with van der Waals surface area (Å²) in [5.74, 6) is 1.13. The van der Waals surface area contributed by atoms with Gasteiger partial charge in [0.25, 0.3) is 10.1 Å². The summed E-state index contributed by atoms with van der Waals surface area (Å²) < 4.78 is 36.2. The fourth-order valence-corrected chi connectivity index (χ4v) is 6.50. The van der Waals surface area contributed by atoms with Crippen molar-refractivity contribution in [2.24, 2.45) is 0 Å². The lowest BCUT2D eigenvalue weighted by molar-refractivity contribution is 0.309. The molecule has 1 aliphatic carbocycles. The maximum Gasteiger partial charge on any atom is 0.264 e. The molecule has 2 N–H and O–H groups in total. The van der Waals surface area contributed by atoms with Gasteiger partial charge in [0.1, 0.15) is 11.5 Å². The monoisotopic (exact) mass is 508 g/mol. The van der Waals surface area contributed by atoms with Crippen molar-refractivity contribution < 1.29 is 22.8 Å². The van der Waals surface area contributed by atoms with Crippen LogP contribution in [0.4, 0.5) is 0 Å². The van der Waals surface area contributed by atoms with Gasteiger partial charge in [0.15, 0.2) is 0 Å². The Morgan fingerprint density at radius 1 is 0.889 bits per heavy atom. The van der Waals surface area contributed by atoms with Crippen molar-refractivity contribution in [1.82, 2.24) is 0 Å². The van der Waals surface area contributed by atoms with Crippen LogP contribution in [0.2, 0.25) is 0 Å². The molecule has 0 bridgehead atoms. The van der Waals surface area contributed by atoms with Crippen LogP contribution in [0.25, 0.3) is 0 Å². The van der Waals surface area contributed by atoms with E-state index in [0.29, 0.717) is 25.4 Å². The van der Waals surface area contributed by atoms with E-state index in [2.05, 4.69) is 68.4 Å². The van der Waals surface area contributed by atoms with Crippen molar-refractivity contribution in [3.05, 3.63) is 95.6 Å². The maximum absolute atomic E-state index is 10.8. The summed E-state index contributed by atoms with van der Waals surface area (Å²) in [7, 11) is -3.91. The summed E-state index contributed by atoms with van der Waals surface area (Å²) >= 11 is 0. The van der Waals surface area contributed by atoms with Gasteiger partial charge in [-0.15, -0.1) is 0 Å². The Labute approximate surface area is 214 Å². The average Bonchev–Trinajstić information content (AvgIpc) is 3.54. The van der Waals surface area contributed by atoms with Crippen molar-refractivity contribution in [3.8, 4) is 11.5 Å². The van der Waals surface area contributed by atoms with Crippen LogP contribution in [0.15, 0.2) is 78.9 Å². The molecule has 1 saturated carbocycles. The number of benzene rings is 3. The summed E-state index contributed by atoms with van der Waals surface area (Å²) in [6.07, 6.45) is 4.06. The predicted octanol–water partition coefficient (Wildman–Crippen LogP) is 6.62. The van der Waals surface area contributed by atoms with Crippen LogP contribution < -0.4 is 4.74 Å². The summed E-state index contributed by atoms with van der Waals surface area (Å²) in [5.41, 5.74) is 3.98.